The zero-order valence-corrected chi connectivity index (χ0v) is 20.4. The Morgan fingerprint density at radius 1 is 0.943 bits per heavy atom. The molecule has 0 fully saturated rings. The molecule has 0 radical (unpaired) electrons. The van der Waals surface area contributed by atoms with E-state index in [0.717, 1.165) is 29.7 Å². The fourth-order valence-electron chi connectivity index (χ4n) is 3.72. The van der Waals surface area contributed by atoms with Gasteiger partial charge in [-0.3, -0.25) is 10.1 Å². The summed E-state index contributed by atoms with van der Waals surface area (Å²) < 4.78 is 5.48. The second-order valence-electron chi connectivity index (χ2n) is 8.23. The molecular weight excluding hydrogens is 444 g/mol. The van der Waals surface area contributed by atoms with E-state index in [0.29, 0.717) is 29.6 Å². The van der Waals surface area contributed by atoms with Gasteiger partial charge in [0.15, 0.2) is 5.69 Å². The number of hydrogen-bond donors (Lipinski definition) is 1. The number of hydrogen-bond acceptors (Lipinski definition) is 8. The number of methoxy groups -OCH3 is 1. The molecule has 3 aromatic carbocycles. The van der Waals surface area contributed by atoms with Gasteiger partial charge in [-0.15, -0.1) is 15.3 Å². The molecule has 9 heteroatoms. The Labute approximate surface area is 204 Å². The smallest absolute Gasteiger partial charge is 0.296 e. The van der Waals surface area contributed by atoms with Gasteiger partial charge in [0.25, 0.3) is 5.69 Å². The van der Waals surface area contributed by atoms with E-state index in [1.165, 1.54) is 18.7 Å². The summed E-state index contributed by atoms with van der Waals surface area (Å²) in [6.45, 7) is 6.46. The number of benzene rings is 3. The van der Waals surface area contributed by atoms with Crippen molar-refractivity contribution in [3.8, 4) is 5.75 Å². The highest BCUT2D eigenvalue weighted by atomic mass is 16.6. The monoisotopic (exact) mass is 474 g/mol. The molecule has 0 amide bonds. The highest BCUT2D eigenvalue weighted by Crippen LogP contribution is 2.37. The fraction of sp³-hybridized carbons (Fsp3) is 0.308. The van der Waals surface area contributed by atoms with Crippen LogP contribution in [-0.4, -0.2) is 18.6 Å². The summed E-state index contributed by atoms with van der Waals surface area (Å²) in [6.07, 6.45) is 1.99. The molecule has 1 unspecified atom stereocenters. The highest BCUT2D eigenvalue weighted by molar-refractivity contribution is 5.64. The second-order valence-corrected chi connectivity index (χ2v) is 8.23. The fourth-order valence-corrected chi connectivity index (χ4v) is 3.72. The van der Waals surface area contributed by atoms with Crippen LogP contribution in [0.4, 0.5) is 28.4 Å². The lowest BCUT2D eigenvalue weighted by Crippen LogP contribution is -2.06. The van der Waals surface area contributed by atoms with Crippen molar-refractivity contribution in [2.45, 2.75) is 39.5 Å². The van der Waals surface area contributed by atoms with Gasteiger partial charge < -0.3 is 10.5 Å². The highest BCUT2D eigenvalue weighted by Gasteiger charge is 2.14. The van der Waals surface area contributed by atoms with E-state index in [2.05, 4.69) is 39.5 Å². The van der Waals surface area contributed by atoms with E-state index < -0.39 is 4.92 Å². The molecular formula is C26H30N6O3. The van der Waals surface area contributed by atoms with Crippen molar-refractivity contribution in [3.63, 3.8) is 0 Å². The van der Waals surface area contributed by atoms with Gasteiger partial charge in [0, 0.05) is 12.1 Å². The summed E-state index contributed by atoms with van der Waals surface area (Å²) in [5, 5.41) is 28.4. The number of nitrogens with zero attached hydrogens (tertiary/aromatic N) is 5. The molecule has 2 N–H and O–H groups in total. The molecule has 0 heterocycles. The first-order chi connectivity index (χ1) is 16.9. The molecule has 0 bridgehead atoms. The van der Waals surface area contributed by atoms with Gasteiger partial charge in [-0.05, 0) is 80.1 Å². The molecule has 3 rings (SSSR count). The maximum absolute atomic E-state index is 11.3. The molecule has 0 aromatic heterocycles. The predicted molar refractivity (Wildman–Crippen MR) is 137 cm³/mol. The lowest BCUT2D eigenvalue weighted by Gasteiger charge is -2.13. The lowest BCUT2D eigenvalue weighted by atomic mass is 9.93. The van der Waals surface area contributed by atoms with Crippen molar-refractivity contribution in [2.24, 2.45) is 26.2 Å². The first-order valence-corrected chi connectivity index (χ1v) is 11.4. The Kier molecular flexibility index (Phi) is 8.74. The number of nitro groups is 1. The summed E-state index contributed by atoms with van der Waals surface area (Å²) in [4.78, 5) is 10.9. The van der Waals surface area contributed by atoms with Crippen molar-refractivity contribution in [2.75, 3.05) is 13.7 Å². The molecule has 1 atom stereocenters. The van der Waals surface area contributed by atoms with E-state index in [9.17, 15) is 10.1 Å². The Balaban J connectivity index is 1.84. The van der Waals surface area contributed by atoms with Crippen molar-refractivity contribution in [1.82, 2.24) is 0 Å². The lowest BCUT2D eigenvalue weighted by molar-refractivity contribution is -0.384. The summed E-state index contributed by atoms with van der Waals surface area (Å²) >= 11 is 0. The molecule has 0 saturated heterocycles. The van der Waals surface area contributed by atoms with Gasteiger partial charge in [0.05, 0.1) is 23.4 Å². The number of aryl methyl sites for hydroxylation is 2. The van der Waals surface area contributed by atoms with Crippen LogP contribution >= 0.6 is 0 Å². The Hall–Kier alpha value is -3.98. The first kappa shape index (κ1) is 25.6. The minimum absolute atomic E-state index is 0.0944. The zero-order valence-electron chi connectivity index (χ0n) is 20.4. The van der Waals surface area contributed by atoms with E-state index in [-0.39, 0.29) is 11.4 Å². The van der Waals surface area contributed by atoms with E-state index >= 15 is 0 Å². The van der Waals surface area contributed by atoms with Crippen molar-refractivity contribution in [1.29, 1.82) is 0 Å². The molecule has 35 heavy (non-hydrogen) atoms. The normalized spacial score (nSPS) is 12.4. The molecule has 9 nitrogen and oxygen atoms in total. The van der Waals surface area contributed by atoms with E-state index in [1.807, 2.05) is 19.1 Å². The standard InChI is InChI=1S/C26H30N6O3/c1-5-19(12-13-27)20-7-9-21(10-8-20)28-31-24-15-18(3)23(16-26(24)35-4)30-29-22-11-6-17(2)14-25(22)32(33)34/h6-11,14-16,19H,5,12-13,27H2,1-4H3. The van der Waals surface area contributed by atoms with Gasteiger partial charge in [-0.2, -0.15) is 5.11 Å². The number of nitro benzene ring substituents is 1. The van der Waals surface area contributed by atoms with Crippen molar-refractivity contribution < 1.29 is 9.66 Å². The summed E-state index contributed by atoms with van der Waals surface area (Å²) in [6, 6.07) is 16.3. The third-order valence-electron chi connectivity index (χ3n) is 5.74. The van der Waals surface area contributed by atoms with Gasteiger partial charge in [0.2, 0.25) is 0 Å². The predicted octanol–water partition coefficient (Wildman–Crippen LogP) is 7.89. The SMILES string of the molecule is CCC(CCN)c1ccc(N=Nc2cc(C)c(N=Nc3ccc(C)cc3[N+](=O)[O-])cc2OC)cc1. The van der Waals surface area contributed by atoms with Gasteiger partial charge in [-0.25, -0.2) is 0 Å². The quantitative estimate of drug-likeness (QED) is 0.182. The van der Waals surface area contributed by atoms with E-state index in [1.54, 1.807) is 31.2 Å². The van der Waals surface area contributed by atoms with E-state index in [4.69, 9.17) is 10.5 Å². The Bertz CT molecular complexity index is 1240. The zero-order chi connectivity index (χ0) is 25.4. The van der Waals surface area contributed by atoms with Crippen LogP contribution in [0.25, 0.3) is 0 Å². The molecule has 0 spiro atoms. The van der Waals surface area contributed by atoms with Crippen LogP contribution < -0.4 is 10.5 Å². The van der Waals surface area contributed by atoms with Crippen LogP contribution in [0.3, 0.4) is 0 Å². The topological polar surface area (TPSA) is 128 Å². The Morgan fingerprint density at radius 3 is 2.26 bits per heavy atom. The molecule has 0 aliphatic carbocycles. The Morgan fingerprint density at radius 2 is 1.63 bits per heavy atom. The summed E-state index contributed by atoms with van der Waals surface area (Å²) in [7, 11) is 1.53. The average molecular weight is 475 g/mol. The van der Waals surface area contributed by atoms with Gasteiger partial charge >= 0.3 is 0 Å². The first-order valence-electron chi connectivity index (χ1n) is 11.4. The molecule has 0 aliphatic rings. The van der Waals surface area contributed by atoms with Crippen LogP contribution in [0.5, 0.6) is 5.75 Å². The van der Waals surface area contributed by atoms with Crippen LogP contribution in [0.1, 0.15) is 42.4 Å². The third kappa shape index (κ3) is 6.54. The largest absolute Gasteiger partial charge is 0.494 e. The van der Waals surface area contributed by atoms with Crippen molar-refractivity contribution in [3.05, 3.63) is 81.4 Å². The molecule has 182 valence electrons. The number of ether oxygens (including phenoxy) is 1. The summed E-state index contributed by atoms with van der Waals surface area (Å²) in [5.74, 6) is 0.911. The minimum Gasteiger partial charge on any atom is -0.494 e. The molecule has 0 saturated carbocycles. The average Bonchev–Trinajstić information content (AvgIpc) is 2.86. The van der Waals surface area contributed by atoms with Crippen LogP contribution in [-0.2, 0) is 0 Å². The molecule has 3 aromatic rings. The maximum Gasteiger partial charge on any atom is 0.296 e. The van der Waals surface area contributed by atoms with Gasteiger partial charge in [-0.1, -0.05) is 25.1 Å². The van der Waals surface area contributed by atoms with Crippen LogP contribution in [0.15, 0.2) is 75.1 Å². The molecule has 0 aliphatic heterocycles. The van der Waals surface area contributed by atoms with Crippen LogP contribution in [0.2, 0.25) is 0 Å². The van der Waals surface area contributed by atoms with Crippen LogP contribution in [0, 0.1) is 24.0 Å². The second kappa shape index (κ2) is 11.9. The number of nitrogens with two attached hydrogens (primary N) is 1. The minimum atomic E-state index is -0.467. The number of rotatable bonds is 10. The number of azo groups is 2. The summed E-state index contributed by atoms with van der Waals surface area (Å²) in [5.41, 5.74) is 10.4. The maximum atomic E-state index is 11.3. The van der Waals surface area contributed by atoms with Crippen molar-refractivity contribution >= 4 is 28.4 Å². The van der Waals surface area contributed by atoms with Gasteiger partial charge in [0.1, 0.15) is 11.4 Å². The third-order valence-corrected chi connectivity index (χ3v) is 5.74.